The van der Waals surface area contributed by atoms with Crippen molar-refractivity contribution in [1.82, 2.24) is 0 Å². The van der Waals surface area contributed by atoms with E-state index in [0.29, 0.717) is 35.1 Å². The van der Waals surface area contributed by atoms with E-state index < -0.39 is 0 Å². The normalized spacial score (nSPS) is 9.72. The minimum Gasteiger partial charge on any atom is -0.492 e. The molecule has 0 aliphatic carbocycles. The lowest BCUT2D eigenvalue weighted by molar-refractivity contribution is 0.322. The molecule has 1 rings (SSSR count). The number of halogens is 1. The molecule has 0 fully saturated rings. The van der Waals surface area contributed by atoms with E-state index in [-0.39, 0.29) is 0 Å². The van der Waals surface area contributed by atoms with Gasteiger partial charge >= 0.3 is 0 Å². The van der Waals surface area contributed by atoms with E-state index in [9.17, 15) is 0 Å². The second-order valence-corrected chi connectivity index (χ2v) is 4.04. The van der Waals surface area contributed by atoms with Crippen LogP contribution in [-0.2, 0) is 6.42 Å². The summed E-state index contributed by atoms with van der Waals surface area (Å²) in [5.74, 6) is 1.55. The van der Waals surface area contributed by atoms with Crippen LogP contribution >= 0.6 is 11.6 Å². The third kappa shape index (κ3) is 2.99. The number of nitrogens with zero attached hydrogens (tertiary/aromatic N) is 1. The van der Waals surface area contributed by atoms with Gasteiger partial charge in [-0.3, -0.25) is 0 Å². The molecular weight excluding hydrogens is 254 g/mol. The van der Waals surface area contributed by atoms with Gasteiger partial charge in [0.2, 0.25) is 5.75 Å². The number of methoxy groups -OCH3 is 3. The maximum Gasteiger partial charge on any atom is 0.205 e. The standard InChI is InChI=1S/C13H16ClNO3/c1-16-11-9(6-4-5-7-15)8-10(14)12(17-2)13(11)18-3/h8H,4-6H2,1-3H3. The van der Waals surface area contributed by atoms with Crippen LogP contribution in [0.3, 0.4) is 0 Å². The molecule has 1 aromatic rings. The van der Waals surface area contributed by atoms with Gasteiger partial charge in [0.25, 0.3) is 0 Å². The van der Waals surface area contributed by atoms with E-state index in [1.54, 1.807) is 13.2 Å². The molecule has 0 saturated carbocycles. The summed E-state index contributed by atoms with van der Waals surface area (Å²) >= 11 is 6.13. The predicted molar refractivity (Wildman–Crippen MR) is 69.7 cm³/mol. The molecule has 0 bridgehead atoms. The first-order chi connectivity index (χ1) is 8.69. The molecular formula is C13H16ClNO3. The monoisotopic (exact) mass is 269 g/mol. The molecule has 0 amide bonds. The van der Waals surface area contributed by atoms with Gasteiger partial charge in [-0.1, -0.05) is 11.6 Å². The molecule has 0 aliphatic rings. The van der Waals surface area contributed by atoms with Gasteiger partial charge < -0.3 is 14.2 Å². The van der Waals surface area contributed by atoms with Crippen molar-refractivity contribution in [1.29, 1.82) is 5.26 Å². The highest BCUT2D eigenvalue weighted by Crippen LogP contribution is 2.45. The van der Waals surface area contributed by atoms with Gasteiger partial charge in [-0.15, -0.1) is 0 Å². The maximum atomic E-state index is 8.56. The SMILES string of the molecule is COc1c(Cl)cc(CCCC#N)c(OC)c1OC. The Morgan fingerprint density at radius 3 is 2.22 bits per heavy atom. The predicted octanol–water partition coefficient (Wildman–Crippen LogP) is 3.21. The molecule has 5 heteroatoms. The van der Waals surface area contributed by atoms with Crippen molar-refractivity contribution in [2.45, 2.75) is 19.3 Å². The van der Waals surface area contributed by atoms with Crippen molar-refractivity contribution in [2.24, 2.45) is 0 Å². The van der Waals surface area contributed by atoms with E-state index in [4.69, 9.17) is 31.1 Å². The number of unbranched alkanes of at least 4 members (excludes halogenated alkanes) is 1. The summed E-state index contributed by atoms with van der Waals surface area (Å²) in [5, 5.41) is 9.03. The minimum atomic E-state index is 0.458. The summed E-state index contributed by atoms with van der Waals surface area (Å²) in [6, 6.07) is 3.90. The average Bonchev–Trinajstić information content (AvgIpc) is 2.38. The number of aryl methyl sites for hydroxylation is 1. The van der Waals surface area contributed by atoms with E-state index in [1.807, 2.05) is 0 Å². The summed E-state index contributed by atoms with van der Waals surface area (Å²) in [6.07, 6.45) is 1.95. The molecule has 0 aromatic heterocycles. The van der Waals surface area contributed by atoms with Gasteiger partial charge in [0.1, 0.15) is 0 Å². The van der Waals surface area contributed by atoms with Crippen LogP contribution in [0.15, 0.2) is 6.07 Å². The van der Waals surface area contributed by atoms with Crippen molar-refractivity contribution >= 4 is 11.6 Å². The maximum absolute atomic E-state index is 8.56. The molecule has 0 N–H and O–H groups in total. The van der Waals surface area contributed by atoms with Crippen molar-refractivity contribution < 1.29 is 14.2 Å². The first-order valence-corrected chi connectivity index (χ1v) is 5.91. The number of rotatable bonds is 6. The third-order valence-electron chi connectivity index (χ3n) is 2.57. The lowest BCUT2D eigenvalue weighted by atomic mass is 10.1. The quantitative estimate of drug-likeness (QED) is 0.744. The van der Waals surface area contributed by atoms with E-state index in [0.717, 1.165) is 12.0 Å². The zero-order valence-corrected chi connectivity index (χ0v) is 11.5. The summed E-state index contributed by atoms with van der Waals surface area (Å²) in [5.41, 5.74) is 0.912. The first-order valence-electron chi connectivity index (χ1n) is 5.53. The molecule has 1 aromatic carbocycles. The van der Waals surface area contributed by atoms with Gasteiger partial charge in [0, 0.05) is 6.42 Å². The van der Waals surface area contributed by atoms with E-state index in [1.165, 1.54) is 14.2 Å². The second-order valence-electron chi connectivity index (χ2n) is 3.63. The fourth-order valence-corrected chi connectivity index (χ4v) is 2.08. The van der Waals surface area contributed by atoms with Gasteiger partial charge in [0.05, 0.1) is 32.4 Å². The van der Waals surface area contributed by atoms with Gasteiger partial charge in [-0.2, -0.15) is 5.26 Å². The zero-order chi connectivity index (χ0) is 13.5. The fourth-order valence-electron chi connectivity index (χ4n) is 1.78. The summed E-state index contributed by atoms with van der Waals surface area (Å²) in [6.45, 7) is 0. The van der Waals surface area contributed by atoms with Crippen LogP contribution in [0.25, 0.3) is 0 Å². The Hall–Kier alpha value is -1.60. The van der Waals surface area contributed by atoms with Gasteiger partial charge in [-0.05, 0) is 24.5 Å². The molecule has 0 unspecified atom stereocenters. The van der Waals surface area contributed by atoms with Crippen molar-refractivity contribution in [3.8, 4) is 23.3 Å². The van der Waals surface area contributed by atoms with Crippen LogP contribution in [0.4, 0.5) is 0 Å². The smallest absolute Gasteiger partial charge is 0.205 e. The number of nitriles is 1. The van der Waals surface area contributed by atoms with Crippen LogP contribution < -0.4 is 14.2 Å². The number of hydrogen-bond acceptors (Lipinski definition) is 4. The lowest BCUT2D eigenvalue weighted by Crippen LogP contribution is -2.00. The highest BCUT2D eigenvalue weighted by atomic mass is 35.5. The van der Waals surface area contributed by atoms with Crippen LogP contribution in [0, 0.1) is 11.3 Å². The lowest BCUT2D eigenvalue weighted by Gasteiger charge is -2.16. The molecule has 0 aliphatic heterocycles. The largest absolute Gasteiger partial charge is 0.492 e. The summed E-state index contributed by atoms with van der Waals surface area (Å²) in [4.78, 5) is 0. The Morgan fingerprint density at radius 1 is 1.11 bits per heavy atom. The number of ether oxygens (including phenoxy) is 3. The Labute approximate surface area is 112 Å². The molecule has 0 radical (unpaired) electrons. The number of hydrogen-bond donors (Lipinski definition) is 0. The van der Waals surface area contributed by atoms with Crippen LogP contribution in [0.1, 0.15) is 18.4 Å². The fraction of sp³-hybridized carbons (Fsp3) is 0.462. The molecule has 0 heterocycles. The molecule has 0 spiro atoms. The molecule has 0 saturated heterocycles. The van der Waals surface area contributed by atoms with Crippen molar-refractivity contribution in [3.05, 3.63) is 16.7 Å². The van der Waals surface area contributed by atoms with Crippen LogP contribution in [-0.4, -0.2) is 21.3 Å². The van der Waals surface area contributed by atoms with E-state index >= 15 is 0 Å². The second kappa shape index (κ2) is 6.97. The van der Waals surface area contributed by atoms with Gasteiger partial charge in [-0.25, -0.2) is 0 Å². The van der Waals surface area contributed by atoms with Crippen LogP contribution in [0.2, 0.25) is 5.02 Å². The average molecular weight is 270 g/mol. The topological polar surface area (TPSA) is 51.5 Å². The minimum absolute atomic E-state index is 0.458. The first kappa shape index (κ1) is 14.5. The molecule has 98 valence electrons. The highest BCUT2D eigenvalue weighted by Gasteiger charge is 2.19. The highest BCUT2D eigenvalue weighted by molar-refractivity contribution is 6.32. The zero-order valence-electron chi connectivity index (χ0n) is 10.7. The summed E-state index contributed by atoms with van der Waals surface area (Å²) < 4.78 is 15.8. The van der Waals surface area contributed by atoms with Crippen LogP contribution in [0.5, 0.6) is 17.2 Å². The molecule has 18 heavy (non-hydrogen) atoms. The Morgan fingerprint density at radius 2 is 1.72 bits per heavy atom. The van der Waals surface area contributed by atoms with Crippen molar-refractivity contribution in [2.75, 3.05) is 21.3 Å². The molecule has 4 nitrogen and oxygen atoms in total. The van der Waals surface area contributed by atoms with Crippen molar-refractivity contribution in [3.63, 3.8) is 0 Å². The Balaban J connectivity index is 3.18. The van der Waals surface area contributed by atoms with E-state index in [2.05, 4.69) is 6.07 Å². The Kier molecular flexibility index (Phi) is 5.60. The Bertz CT molecular complexity index is 455. The third-order valence-corrected chi connectivity index (χ3v) is 2.85. The number of benzene rings is 1. The molecule has 0 atom stereocenters. The van der Waals surface area contributed by atoms with Gasteiger partial charge in [0.15, 0.2) is 11.5 Å². The summed E-state index contributed by atoms with van der Waals surface area (Å²) in [7, 11) is 4.63.